The molecule has 0 aliphatic rings. The summed E-state index contributed by atoms with van der Waals surface area (Å²) in [6.07, 6.45) is 1.61. The van der Waals surface area contributed by atoms with Crippen LogP contribution in [0.25, 0.3) is 22.0 Å². The van der Waals surface area contributed by atoms with Gasteiger partial charge in [0.1, 0.15) is 5.82 Å². The van der Waals surface area contributed by atoms with Gasteiger partial charge in [0, 0.05) is 18.0 Å². The molecule has 7 heteroatoms. The number of nitrogens with zero attached hydrogens (tertiary/aromatic N) is 1. The van der Waals surface area contributed by atoms with Crippen molar-refractivity contribution < 1.29 is 22.7 Å². The second-order valence-corrected chi connectivity index (χ2v) is 8.72. The van der Waals surface area contributed by atoms with Crippen LogP contribution in [0, 0.1) is 5.82 Å². The molecule has 4 aromatic rings. The monoisotopic (exact) mass is 423 g/mol. The average molecular weight is 423 g/mol. The van der Waals surface area contributed by atoms with Gasteiger partial charge in [0.05, 0.1) is 10.4 Å². The van der Waals surface area contributed by atoms with Crippen LogP contribution in [-0.2, 0) is 21.2 Å². The predicted molar refractivity (Wildman–Crippen MR) is 112 cm³/mol. The summed E-state index contributed by atoms with van der Waals surface area (Å²) in [6.45, 7) is 0. The zero-order valence-corrected chi connectivity index (χ0v) is 16.6. The van der Waals surface area contributed by atoms with Crippen LogP contribution in [0.3, 0.4) is 0 Å². The fourth-order valence-electron chi connectivity index (χ4n) is 3.48. The van der Waals surface area contributed by atoms with Gasteiger partial charge in [-0.15, -0.1) is 0 Å². The third-order valence-corrected chi connectivity index (χ3v) is 6.59. The van der Waals surface area contributed by atoms with Gasteiger partial charge in [-0.05, 0) is 53.4 Å². The molecule has 0 saturated heterocycles. The number of rotatable bonds is 6. The van der Waals surface area contributed by atoms with E-state index in [0.29, 0.717) is 27.6 Å². The zero-order chi connectivity index (χ0) is 21.3. The molecule has 0 radical (unpaired) electrons. The number of benzene rings is 3. The van der Waals surface area contributed by atoms with Gasteiger partial charge in [0.15, 0.2) is 0 Å². The van der Waals surface area contributed by atoms with Gasteiger partial charge in [-0.25, -0.2) is 16.8 Å². The second-order valence-electron chi connectivity index (χ2n) is 6.90. The number of fused-ring (bicyclic) bond motifs is 1. The molecule has 1 heterocycles. The summed E-state index contributed by atoms with van der Waals surface area (Å²) in [5.41, 5.74) is 2.29. The SMILES string of the molecule is O=C(O)CCc1cn(S(=O)(=O)c2cccc(-c3cccc(F)c3)c2)c2ccccc12. The first kappa shape index (κ1) is 19.8. The Morgan fingerprint density at radius 3 is 2.37 bits per heavy atom. The van der Waals surface area contributed by atoms with E-state index in [-0.39, 0.29) is 17.7 Å². The molecule has 0 atom stereocenters. The molecule has 0 fully saturated rings. The number of carboxylic acid groups (broad SMARTS) is 1. The Kier molecular flexibility index (Phi) is 5.13. The number of aromatic nitrogens is 1. The molecule has 30 heavy (non-hydrogen) atoms. The highest BCUT2D eigenvalue weighted by Crippen LogP contribution is 2.29. The Morgan fingerprint density at radius 2 is 1.63 bits per heavy atom. The van der Waals surface area contributed by atoms with Crippen molar-refractivity contribution in [1.82, 2.24) is 3.97 Å². The highest BCUT2D eigenvalue weighted by molar-refractivity contribution is 7.90. The molecule has 0 amide bonds. The number of para-hydroxylation sites is 1. The Labute approximate surface area is 173 Å². The Bertz CT molecular complexity index is 1360. The highest BCUT2D eigenvalue weighted by Gasteiger charge is 2.22. The maximum absolute atomic E-state index is 13.6. The summed E-state index contributed by atoms with van der Waals surface area (Å²) in [5, 5.41) is 9.70. The zero-order valence-electron chi connectivity index (χ0n) is 15.8. The van der Waals surface area contributed by atoms with Gasteiger partial charge in [-0.1, -0.05) is 42.5 Å². The van der Waals surface area contributed by atoms with Gasteiger partial charge >= 0.3 is 5.97 Å². The molecule has 0 bridgehead atoms. The summed E-state index contributed by atoms with van der Waals surface area (Å²) in [5.74, 6) is -1.35. The molecule has 0 aliphatic heterocycles. The summed E-state index contributed by atoms with van der Waals surface area (Å²) in [7, 11) is -3.95. The Balaban J connectivity index is 1.82. The lowest BCUT2D eigenvalue weighted by atomic mass is 10.1. The fourth-order valence-corrected chi connectivity index (χ4v) is 4.91. The van der Waals surface area contributed by atoms with Crippen molar-refractivity contribution in [2.24, 2.45) is 0 Å². The topological polar surface area (TPSA) is 76.4 Å². The predicted octanol–water partition coefficient (Wildman–Crippen LogP) is 4.70. The number of aliphatic carboxylic acids is 1. The number of carboxylic acids is 1. The standard InChI is InChI=1S/C23H18FNO4S/c24-19-7-3-5-16(13-19)17-6-4-8-20(14-17)30(28,29)25-15-18(11-12-23(26)27)21-9-1-2-10-22(21)25/h1-10,13-15H,11-12H2,(H,26,27). The normalized spacial score (nSPS) is 11.6. The van der Waals surface area contributed by atoms with Gasteiger partial charge in [-0.3, -0.25) is 4.79 Å². The number of aryl methyl sites for hydroxylation is 1. The van der Waals surface area contributed by atoms with E-state index in [0.717, 1.165) is 0 Å². The smallest absolute Gasteiger partial charge is 0.303 e. The van der Waals surface area contributed by atoms with E-state index in [9.17, 15) is 17.6 Å². The lowest BCUT2D eigenvalue weighted by molar-refractivity contribution is -0.136. The van der Waals surface area contributed by atoms with Crippen molar-refractivity contribution in [3.63, 3.8) is 0 Å². The van der Waals surface area contributed by atoms with Crippen LogP contribution in [0.4, 0.5) is 4.39 Å². The van der Waals surface area contributed by atoms with Gasteiger partial charge in [0.2, 0.25) is 0 Å². The lowest BCUT2D eigenvalue weighted by Crippen LogP contribution is -2.12. The molecular weight excluding hydrogens is 405 g/mol. The Hall–Kier alpha value is -3.45. The molecule has 1 N–H and O–H groups in total. The quantitative estimate of drug-likeness (QED) is 0.488. The van der Waals surface area contributed by atoms with Crippen molar-refractivity contribution in [2.45, 2.75) is 17.7 Å². The summed E-state index contributed by atoms with van der Waals surface area (Å²) < 4.78 is 41.6. The minimum Gasteiger partial charge on any atom is -0.481 e. The van der Waals surface area contributed by atoms with Crippen molar-refractivity contribution in [2.75, 3.05) is 0 Å². The van der Waals surface area contributed by atoms with Crippen LogP contribution in [0.15, 0.2) is 83.9 Å². The maximum Gasteiger partial charge on any atom is 0.303 e. The molecule has 0 spiro atoms. The van der Waals surface area contributed by atoms with E-state index in [1.54, 1.807) is 48.5 Å². The molecule has 3 aromatic carbocycles. The van der Waals surface area contributed by atoms with Crippen LogP contribution in [0.2, 0.25) is 0 Å². The van der Waals surface area contributed by atoms with E-state index in [1.165, 1.54) is 34.4 Å². The number of halogens is 1. The van der Waals surface area contributed by atoms with Crippen molar-refractivity contribution >= 4 is 26.9 Å². The molecule has 0 unspecified atom stereocenters. The van der Waals surface area contributed by atoms with Gasteiger partial charge < -0.3 is 5.11 Å². The lowest BCUT2D eigenvalue weighted by Gasteiger charge is -2.10. The van der Waals surface area contributed by atoms with E-state index < -0.39 is 21.8 Å². The van der Waals surface area contributed by atoms with Gasteiger partial charge in [0.25, 0.3) is 10.0 Å². The van der Waals surface area contributed by atoms with Crippen molar-refractivity contribution in [1.29, 1.82) is 0 Å². The third kappa shape index (κ3) is 3.71. The van der Waals surface area contributed by atoms with E-state index in [4.69, 9.17) is 5.11 Å². The summed E-state index contributed by atoms with van der Waals surface area (Å²) in [4.78, 5) is 11.0. The third-order valence-electron chi connectivity index (χ3n) is 4.92. The number of hydrogen-bond acceptors (Lipinski definition) is 3. The summed E-state index contributed by atoms with van der Waals surface area (Å²) >= 11 is 0. The molecule has 5 nitrogen and oxygen atoms in total. The molecule has 1 aromatic heterocycles. The van der Waals surface area contributed by atoms with Crippen molar-refractivity contribution in [3.8, 4) is 11.1 Å². The molecular formula is C23H18FNO4S. The minimum atomic E-state index is -3.95. The molecule has 0 aliphatic carbocycles. The number of hydrogen-bond donors (Lipinski definition) is 1. The van der Waals surface area contributed by atoms with Gasteiger partial charge in [-0.2, -0.15) is 0 Å². The van der Waals surface area contributed by atoms with Crippen molar-refractivity contribution in [3.05, 3.63) is 90.4 Å². The maximum atomic E-state index is 13.6. The average Bonchev–Trinajstić information content (AvgIpc) is 3.12. The first-order valence-electron chi connectivity index (χ1n) is 9.28. The van der Waals surface area contributed by atoms with Crippen LogP contribution in [0.1, 0.15) is 12.0 Å². The number of carbonyl (C=O) groups is 1. The first-order valence-corrected chi connectivity index (χ1v) is 10.7. The fraction of sp³-hybridized carbons (Fsp3) is 0.0870. The first-order chi connectivity index (χ1) is 14.4. The highest BCUT2D eigenvalue weighted by atomic mass is 32.2. The molecule has 0 saturated carbocycles. The van der Waals surface area contributed by atoms with Crippen LogP contribution in [0.5, 0.6) is 0 Å². The van der Waals surface area contributed by atoms with E-state index >= 15 is 0 Å². The van der Waals surface area contributed by atoms with E-state index in [2.05, 4.69) is 0 Å². The minimum absolute atomic E-state index is 0.0646. The van der Waals surface area contributed by atoms with Crippen LogP contribution in [-0.4, -0.2) is 23.5 Å². The summed E-state index contributed by atoms with van der Waals surface area (Å²) in [6, 6.07) is 19.3. The van der Waals surface area contributed by atoms with Crippen LogP contribution >= 0.6 is 0 Å². The second kappa shape index (κ2) is 7.76. The Morgan fingerprint density at radius 1 is 0.933 bits per heavy atom. The largest absolute Gasteiger partial charge is 0.481 e. The molecule has 152 valence electrons. The van der Waals surface area contributed by atoms with E-state index in [1.807, 2.05) is 0 Å². The van der Waals surface area contributed by atoms with Crippen LogP contribution < -0.4 is 0 Å². The molecule has 4 rings (SSSR count).